The summed E-state index contributed by atoms with van der Waals surface area (Å²) in [6.07, 6.45) is 9.06. The molecule has 0 spiro atoms. The second-order valence-corrected chi connectivity index (χ2v) is 13.8. The van der Waals surface area contributed by atoms with Gasteiger partial charge in [0.1, 0.15) is 36.6 Å². The molecule has 8 N–H and O–H groups in total. The molecule has 0 saturated carbocycles. The number of rotatable bonds is 24. The third-order valence-electron chi connectivity index (χ3n) is 9.24. The van der Waals surface area contributed by atoms with E-state index in [9.17, 15) is 40.9 Å². The van der Waals surface area contributed by atoms with Gasteiger partial charge >= 0.3 is 0 Å². The Morgan fingerprint density at radius 2 is 1.20 bits per heavy atom. The van der Waals surface area contributed by atoms with E-state index in [0.29, 0.717) is 5.75 Å². The van der Waals surface area contributed by atoms with Crippen LogP contribution in [0.3, 0.4) is 0 Å². The average Bonchev–Trinajstić information content (AvgIpc) is 3.02. The summed E-state index contributed by atoms with van der Waals surface area (Å²) in [6.45, 7) is 0.0733. The van der Waals surface area contributed by atoms with Crippen LogP contribution in [0.2, 0.25) is 0 Å². The van der Waals surface area contributed by atoms with Crippen LogP contribution in [-0.4, -0.2) is 133 Å². The molecule has 0 unspecified atom stereocenters. The number of unbranched alkanes of at least 4 members (excludes halogenated alkanes) is 15. The second kappa shape index (κ2) is 21.7. The zero-order valence-corrected chi connectivity index (χ0v) is 27.6. The van der Waals surface area contributed by atoms with Crippen molar-refractivity contribution >= 4 is 11.8 Å². The van der Waals surface area contributed by atoms with E-state index in [-0.39, 0.29) is 6.61 Å². The average molecular weight is 655 g/mol. The van der Waals surface area contributed by atoms with Crippen LogP contribution in [0.4, 0.5) is 0 Å². The number of thioether (sulfide) groups is 1. The van der Waals surface area contributed by atoms with Gasteiger partial charge < -0.3 is 55.1 Å². The topological polar surface area (TPSA) is 190 Å². The summed E-state index contributed by atoms with van der Waals surface area (Å²) in [5.41, 5.74) is -5.57. The van der Waals surface area contributed by atoms with Crippen molar-refractivity contribution in [2.24, 2.45) is 0 Å². The minimum absolute atomic E-state index is 0.182. The minimum Gasteiger partial charge on any atom is -0.394 e. The van der Waals surface area contributed by atoms with Crippen LogP contribution in [0.5, 0.6) is 0 Å². The first kappa shape index (κ1) is 40.1. The van der Waals surface area contributed by atoms with Crippen LogP contribution in [0, 0.1) is 0 Å². The predicted molar refractivity (Wildman–Crippen MR) is 169 cm³/mol. The van der Waals surface area contributed by atoms with E-state index in [2.05, 4.69) is 6.92 Å². The Morgan fingerprint density at radius 1 is 0.682 bits per heavy atom. The Balaban J connectivity index is 1.55. The fourth-order valence-corrected chi connectivity index (χ4v) is 7.12. The molecular formula is C32H62O11S. The van der Waals surface area contributed by atoms with Crippen LogP contribution < -0.4 is 0 Å². The molecular weight excluding hydrogens is 592 g/mol. The SMILES string of the molecule is CCCCCCCCCCCCCCCCCCSCCO[C@H]1O[C@H](CO)[C@@](O)([C@@]2(O)CO[C@H](CO)[C@H](O)[C@@H]2O)[C@H](O)[C@H]1O. The van der Waals surface area contributed by atoms with Gasteiger partial charge in [-0.25, -0.2) is 0 Å². The molecule has 0 aromatic carbocycles. The fourth-order valence-electron chi connectivity index (χ4n) is 6.30. The van der Waals surface area contributed by atoms with E-state index < -0.39 is 73.9 Å². The van der Waals surface area contributed by atoms with Crippen molar-refractivity contribution < 1.29 is 55.1 Å². The monoisotopic (exact) mass is 654 g/mol. The van der Waals surface area contributed by atoms with Crippen molar-refractivity contribution in [2.45, 2.75) is 164 Å². The summed E-state index contributed by atoms with van der Waals surface area (Å²) in [4.78, 5) is 0. The molecule has 44 heavy (non-hydrogen) atoms. The van der Waals surface area contributed by atoms with Crippen molar-refractivity contribution in [1.29, 1.82) is 0 Å². The van der Waals surface area contributed by atoms with E-state index in [0.717, 1.165) is 12.2 Å². The Bertz CT molecular complexity index is 732. The summed E-state index contributed by atoms with van der Waals surface area (Å²) in [5.74, 6) is 1.58. The summed E-state index contributed by atoms with van der Waals surface area (Å²) in [5, 5.41) is 84.0. The fraction of sp³-hybridized carbons (Fsp3) is 1.00. The number of hydrogen-bond donors (Lipinski definition) is 8. The summed E-state index contributed by atoms with van der Waals surface area (Å²) >= 11 is 1.70. The van der Waals surface area contributed by atoms with Crippen LogP contribution in [0.15, 0.2) is 0 Å². The Morgan fingerprint density at radius 3 is 1.70 bits per heavy atom. The molecule has 2 heterocycles. The summed E-state index contributed by atoms with van der Waals surface area (Å²) in [6, 6.07) is 0. The lowest BCUT2D eigenvalue weighted by Gasteiger charge is -2.57. The molecule has 12 heteroatoms. The maximum Gasteiger partial charge on any atom is 0.186 e. The van der Waals surface area contributed by atoms with Gasteiger partial charge in [-0.05, 0) is 12.2 Å². The molecule has 2 fully saturated rings. The molecule has 0 aromatic rings. The zero-order valence-electron chi connectivity index (χ0n) is 26.8. The van der Waals surface area contributed by atoms with Gasteiger partial charge in [-0.15, -0.1) is 0 Å². The second-order valence-electron chi connectivity index (χ2n) is 12.6. The third-order valence-corrected chi connectivity index (χ3v) is 10.3. The largest absolute Gasteiger partial charge is 0.394 e. The van der Waals surface area contributed by atoms with Gasteiger partial charge in [-0.1, -0.05) is 103 Å². The highest BCUT2D eigenvalue weighted by Gasteiger charge is 2.70. The van der Waals surface area contributed by atoms with Crippen LogP contribution in [0.1, 0.15) is 110 Å². The molecule has 11 nitrogen and oxygen atoms in total. The molecule has 0 radical (unpaired) electrons. The van der Waals surface area contributed by atoms with E-state index in [1.54, 1.807) is 11.8 Å². The summed E-state index contributed by atoms with van der Waals surface area (Å²) < 4.78 is 16.3. The molecule has 0 aromatic heterocycles. The highest BCUT2D eigenvalue weighted by Crippen LogP contribution is 2.43. The van der Waals surface area contributed by atoms with E-state index in [1.165, 1.54) is 96.3 Å². The first-order chi connectivity index (χ1) is 21.2. The van der Waals surface area contributed by atoms with Gasteiger partial charge in [0.05, 0.1) is 26.4 Å². The zero-order chi connectivity index (χ0) is 32.4. The molecule has 0 aliphatic carbocycles. The highest BCUT2D eigenvalue weighted by atomic mass is 32.2. The normalized spacial score (nSPS) is 34.4. The van der Waals surface area contributed by atoms with Crippen molar-refractivity contribution in [3.05, 3.63) is 0 Å². The number of aliphatic hydroxyl groups excluding tert-OH is 6. The van der Waals surface area contributed by atoms with Crippen molar-refractivity contribution in [3.8, 4) is 0 Å². The molecule has 9 atom stereocenters. The van der Waals surface area contributed by atoms with Gasteiger partial charge in [0.15, 0.2) is 17.5 Å². The highest BCUT2D eigenvalue weighted by molar-refractivity contribution is 7.99. The van der Waals surface area contributed by atoms with Crippen LogP contribution in [-0.2, 0) is 14.2 Å². The lowest BCUT2D eigenvalue weighted by molar-refractivity contribution is -0.391. The minimum atomic E-state index is -2.83. The molecule has 0 amide bonds. The lowest BCUT2D eigenvalue weighted by Crippen LogP contribution is -2.82. The van der Waals surface area contributed by atoms with E-state index in [4.69, 9.17) is 14.2 Å². The number of aliphatic hydroxyl groups is 8. The molecule has 2 aliphatic heterocycles. The summed E-state index contributed by atoms with van der Waals surface area (Å²) in [7, 11) is 0. The number of ether oxygens (including phenoxy) is 3. The Hall–Kier alpha value is -0.0900. The van der Waals surface area contributed by atoms with Gasteiger partial charge in [0, 0.05) is 5.75 Å². The molecule has 2 saturated heterocycles. The van der Waals surface area contributed by atoms with Crippen molar-refractivity contribution in [3.63, 3.8) is 0 Å². The first-order valence-corrected chi connectivity index (χ1v) is 18.2. The Labute approximate surface area is 268 Å². The van der Waals surface area contributed by atoms with Crippen LogP contribution >= 0.6 is 11.8 Å². The van der Waals surface area contributed by atoms with Crippen molar-refractivity contribution in [2.75, 3.05) is 37.9 Å². The van der Waals surface area contributed by atoms with Gasteiger partial charge in [0.2, 0.25) is 0 Å². The predicted octanol–water partition coefficient (Wildman–Crippen LogP) is 2.01. The number of hydrogen-bond acceptors (Lipinski definition) is 12. The maximum absolute atomic E-state index is 11.3. The van der Waals surface area contributed by atoms with E-state index in [1.807, 2.05) is 0 Å². The van der Waals surface area contributed by atoms with Gasteiger partial charge in [0.25, 0.3) is 0 Å². The molecule has 262 valence electrons. The smallest absolute Gasteiger partial charge is 0.186 e. The first-order valence-electron chi connectivity index (χ1n) is 17.0. The van der Waals surface area contributed by atoms with Gasteiger partial charge in [-0.2, -0.15) is 11.8 Å². The van der Waals surface area contributed by atoms with Gasteiger partial charge in [-0.3, -0.25) is 0 Å². The molecule has 2 rings (SSSR count). The maximum atomic E-state index is 11.3. The molecule has 0 bridgehead atoms. The third kappa shape index (κ3) is 11.3. The lowest BCUT2D eigenvalue weighted by atomic mass is 9.67. The van der Waals surface area contributed by atoms with Crippen LogP contribution in [0.25, 0.3) is 0 Å². The molecule has 2 aliphatic rings. The standard InChI is InChI=1S/C32H62O11S/c1-2-3-4-5-6-7-8-9-10-11-12-13-14-15-16-17-19-44-20-18-41-30-27(36)29(38)32(40,25(22-34)43-30)31(39)23-42-24(21-33)26(35)28(31)37/h24-30,33-40H,2-23H2,1H3/t24-,25-,26+,27-,28+,29-,30+,31-,32+/m1/s1. The van der Waals surface area contributed by atoms with Crippen molar-refractivity contribution in [1.82, 2.24) is 0 Å². The quantitative estimate of drug-likeness (QED) is 0.0708. The Kier molecular flexibility index (Phi) is 19.8. The van der Waals surface area contributed by atoms with E-state index >= 15 is 0 Å².